The quantitative estimate of drug-likeness (QED) is 0.633. The molecule has 6 heteroatoms. The lowest BCUT2D eigenvalue weighted by Gasteiger charge is -2.17. The molecule has 0 aliphatic carbocycles. The van der Waals surface area contributed by atoms with E-state index in [1.165, 1.54) is 6.07 Å². The second kappa shape index (κ2) is 5.36. The number of aryl methyl sites for hydroxylation is 2. The van der Waals surface area contributed by atoms with Crippen LogP contribution in [0.4, 0.5) is 15.8 Å². The Labute approximate surface area is 124 Å². The second-order valence-corrected chi connectivity index (χ2v) is 5.62. The molecule has 0 radical (unpaired) electrons. The van der Waals surface area contributed by atoms with Gasteiger partial charge in [-0.1, -0.05) is 5.16 Å². The molecule has 0 fully saturated rings. The summed E-state index contributed by atoms with van der Waals surface area (Å²) in [6.07, 6.45) is 0. The summed E-state index contributed by atoms with van der Waals surface area (Å²) in [7, 11) is 0. The van der Waals surface area contributed by atoms with Gasteiger partial charge in [0.15, 0.2) is 0 Å². The van der Waals surface area contributed by atoms with Crippen LogP contribution in [0.3, 0.4) is 0 Å². The lowest BCUT2D eigenvalue weighted by molar-refractivity contribution is 0.392. The molecule has 1 atom stereocenters. The highest BCUT2D eigenvalue weighted by atomic mass is 127. The van der Waals surface area contributed by atoms with E-state index in [2.05, 4.69) is 10.5 Å². The van der Waals surface area contributed by atoms with Gasteiger partial charge in [-0.15, -0.1) is 0 Å². The molecule has 3 N–H and O–H groups in total. The van der Waals surface area contributed by atoms with Gasteiger partial charge in [0.05, 0.1) is 26.7 Å². The zero-order chi connectivity index (χ0) is 14.2. The van der Waals surface area contributed by atoms with E-state index in [-0.39, 0.29) is 11.9 Å². The molecule has 0 aliphatic rings. The molecule has 0 bridgehead atoms. The van der Waals surface area contributed by atoms with Gasteiger partial charge < -0.3 is 15.6 Å². The maximum absolute atomic E-state index is 13.6. The third-order valence-corrected chi connectivity index (χ3v) is 3.81. The zero-order valence-corrected chi connectivity index (χ0v) is 13.1. The molecule has 0 saturated heterocycles. The molecule has 1 aromatic heterocycles. The van der Waals surface area contributed by atoms with Crippen LogP contribution in [0.5, 0.6) is 0 Å². The fraction of sp³-hybridized carbons (Fsp3) is 0.308. The van der Waals surface area contributed by atoms with Crippen LogP contribution in [-0.4, -0.2) is 5.16 Å². The summed E-state index contributed by atoms with van der Waals surface area (Å²) in [4.78, 5) is 0. The van der Waals surface area contributed by atoms with Crippen molar-refractivity contribution in [2.45, 2.75) is 26.8 Å². The summed E-state index contributed by atoms with van der Waals surface area (Å²) in [5.41, 5.74) is 8.78. The summed E-state index contributed by atoms with van der Waals surface area (Å²) in [5, 5.41) is 7.11. The lowest BCUT2D eigenvalue weighted by Crippen LogP contribution is -2.10. The Morgan fingerprint density at radius 1 is 1.42 bits per heavy atom. The molecule has 102 valence electrons. The Morgan fingerprint density at radius 3 is 2.68 bits per heavy atom. The van der Waals surface area contributed by atoms with Gasteiger partial charge in [-0.2, -0.15) is 0 Å². The highest BCUT2D eigenvalue weighted by Gasteiger charge is 2.17. The van der Waals surface area contributed by atoms with Crippen LogP contribution in [-0.2, 0) is 0 Å². The van der Waals surface area contributed by atoms with Crippen LogP contribution in [0, 0.1) is 23.2 Å². The van der Waals surface area contributed by atoms with Crippen LogP contribution in [0.25, 0.3) is 0 Å². The SMILES string of the molecule is Cc1noc(C)c1C(C)Nc1cc(F)c(I)cc1N. The van der Waals surface area contributed by atoms with E-state index in [9.17, 15) is 4.39 Å². The molecule has 1 aromatic carbocycles. The number of halogens is 2. The van der Waals surface area contributed by atoms with Crippen molar-refractivity contribution in [3.8, 4) is 0 Å². The Balaban J connectivity index is 2.29. The first-order chi connectivity index (χ1) is 8.90. The van der Waals surface area contributed by atoms with E-state index < -0.39 is 0 Å². The molecule has 1 heterocycles. The van der Waals surface area contributed by atoms with E-state index in [4.69, 9.17) is 10.3 Å². The van der Waals surface area contributed by atoms with Gasteiger partial charge in [0.2, 0.25) is 0 Å². The molecule has 0 amide bonds. The van der Waals surface area contributed by atoms with Crippen molar-refractivity contribution in [1.82, 2.24) is 5.16 Å². The van der Waals surface area contributed by atoms with E-state index in [0.717, 1.165) is 17.0 Å². The standard InChI is InChI=1S/C13H15FIN3O/c1-6(13-7(2)18-19-8(13)3)17-12-4-9(14)10(15)5-11(12)16/h4-6,17H,16H2,1-3H3. The molecule has 4 nitrogen and oxygen atoms in total. The summed E-state index contributed by atoms with van der Waals surface area (Å²) in [5.74, 6) is 0.463. The molecular weight excluding hydrogens is 360 g/mol. The van der Waals surface area contributed by atoms with Crippen molar-refractivity contribution in [1.29, 1.82) is 0 Å². The normalized spacial score (nSPS) is 12.5. The summed E-state index contributed by atoms with van der Waals surface area (Å²) in [6, 6.07) is 2.96. The minimum Gasteiger partial charge on any atom is -0.397 e. The molecule has 0 spiro atoms. The predicted molar refractivity (Wildman–Crippen MR) is 81.5 cm³/mol. The number of hydrogen-bond acceptors (Lipinski definition) is 4. The Bertz CT molecular complexity index is 593. The van der Waals surface area contributed by atoms with Crippen molar-refractivity contribution in [3.63, 3.8) is 0 Å². The smallest absolute Gasteiger partial charge is 0.139 e. The van der Waals surface area contributed by atoms with Crippen LogP contribution in [0.1, 0.15) is 30.0 Å². The Morgan fingerprint density at radius 2 is 2.11 bits per heavy atom. The van der Waals surface area contributed by atoms with Gasteiger partial charge in [0, 0.05) is 11.6 Å². The van der Waals surface area contributed by atoms with Gasteiger partial charge in [0.1, 0.15) is 11.6 Å². The number of aromatic nitrogens is 1. The summed E-state index contributed by atoms with van der Waals surface area (Å²) >= 11 is 1.91. The van der Waals surface area contributed by atoms with Crippen molar-refractivity contribution in [2.24, 2.45) is 0 Å². The fourth-order valence-electron chi connectivity index (χ4n) is 2.10. The van der Waals surface area contributed by atoms with Gasteiger partial charge in [0.25, 0.3) is 0 Å². The molecule has 0 aliphatic heterocycles. The van der Waals surface area contributed by atoms with E-state index in [1.807, 2.05) is 43.4 Å². The first-order valence-electron chi connectivity index (χ1n) is 5.84. The second-order valence-electron chi connectivity index (χ2n) is 4.46. The topological polar surface area (TPSA) is 64.1 Å². The number of nitrogens with two attached hydrogens (primary N) is 1. The van der Waals surface area contributed by atoms with E-state index >= 15 is 0 Å². The maximum Gasteiger partial charge on any atom is 0.139 e. The van der Waals surface area contributed by atoms with E-state index in [1.54, 1.807) is 6.07 Å². The number of nitrogens with one attached hydrogen (secondary N) is 1. The predicted octanol–water partition coefficient (Wildman–Crippen LogP) is 3.79. The van der Waals surface area contributed by atoms with Gasteiger partial charge in [-0.3, -0.25) is 0 Å². The number of anilines is 2. The maximum atomic E-state index is 13.6. The molecule has 1 unspecified atom stereocenters. The number of hydrogen-bond donors (Lipinski definition) is 2. The van der Waals surface area contributed by atoms with Crippen molar-refractivity contribution in [3.05, 3.63) is 38.5 Å². The summed E-state index contributed by atoms with van der Waals surface area (Å²) in [6.45, 7) is 5.69. The number of nitrogen functional groups attached to an aromatic ring is 1. The first kappa shape index (κ1) is 14.1. The van der Waals surface area contributed by atoms with Crippen molar-refractivity contribution >= 4 is 34.0 Å². The Kier molecular flexibility index (Phi) is 3.98. The monoisotopic (exact) mass is 375 g/mol. The summed E-state index contributed by atoms with van der Waals surface area (Å²) < 4.78 is 19.2. The largest absolute Gasteiger partial charge is 0.397 e. The first-order valence-corrected chi connectivity index (χ1v) is 6.92. The van der Waals surface area contributed by atoms with Gasteiger partial charge in [-0.25, -0.2) is 4.39 Å². The van der Waals surface area contributed by atoms with Crippen LogP contribution in [0.2, 0.25) is 0 Å². The Hall–Kier alpha value is -1.31. The van der Waals surface area contributed by atoms with Crippen molar-refractivity contribution in [2.75, 3.05) is 11.1 Å². The van der Waals surface area contributed by atoms with Crippen LogP contribution < -0.4 is 11.1 Å². The van der Waals surface area contributed by atoms with Crippen LogP contribution >= 0.6 is 22.6 Å². The zero-order valence-electron chi connectivity index (χ0n) is 10.9. The molecular formula is C13H15FIN3O. The average molecular weight is 375 g/mol. The van der Waals surface area contributed by atoms with Crippen LogP contribution in [0.15, 0.2) is 16.7 Å². The van der Waals surface area contributed by atoms with E-state index in [0.29, 0.717) is 14.9 Å². The molecule has 2 aromatic rings. The van der Waals surface area contributed by atoms with Gasteiger partial charge >= 0.3 is 0 Å². The van der Waals surface area contributed by atoms with Crippen molar-refractivity contribution < 1.29 is 8.91 Å². The molecule has 2 rings (SSSR count). The highest BCUT2D eigenvalue weighted by Crippen LogP contribution is 2.29. The highest BCUT2D eigenvalue weighted by molar-refractivity contribution is 14.1. The number of nitrogens with zero attached hydrogens (tertiary/aromatic N) is 1. The number of rotatable bonds is 3. The molecule has 0 saturated carbocycles. The lowest BCUT2D eigenvalue weighted by atomic mass is 10.1. The number of benzene rings is 1. The van der Waals surface area contributed by atoms with Gasteiger partial charge in [-0.05, 0) is 49.4 Å². The third kappa shape index (κ3) is 2.83. The fourth-order valence-corrected chi connectivity index (χ4v) is 2.59. The third-order valence-electron chi connectivity index (χ3n) is 2.99. The average Bonchev–Trinajstić information content (AvgIpc) is 2.66. The minimum atomic E-state index is -0.289. The molecule has 19 heavy (non-hydrogen) atoms. The minimum absolute atomic E-state index is 0.0620.